The Morgan fingerprint density at radius 1 is 1.24 bits per heavy atom. The number of hydrogen-bond acceptors (Lipinski definition) is 4. The number of carbonyl (C=O) groups excluding carboxylic acids is 1. The van der Waals surface area contributed by atoms with Crippen molar-refractivity contribution in [1.82, 2.24) is 10.6 Å². The van der Waals surface area contributed by atoms with E-state index in [0.29, 0.717) is 13.2 Å². The molecule has 2 aliphatic heterocycles. The first kappa shape index (κ1) is 14.2. The Balaban J connectivity index is 1.70. The molecule has 5 heteroatoms. The van der Waals surface area contributed by atoms with Gasteiger partial charge >= 0.3 is 0 Å². The molecule has 1 aromatic carbocycles. The van der Waals surface area contributed by atoms with Gasteiger partial charge in [0.1, 0.15) is 0 Å². The van der Waals surface area contributed by atoms with E-state index in [1.807, 2.05) is 18.2 Å². The second kappa shape index (κ2) is 6.35. The molecule has 2 heterocycles. The highest BCUT2D eigenvalue weighted by molar-refractivity contribution is 5.82. The molecule has 2 atom stereocenters. The van der Waals surface area contributed by atoms with Crippen LogP contribution >= 0.6 is 0 Å². The first-order valence-corrected chi connectivity index (χ1v) is 7.67. The van der Waals surface area contributed by atoms with Gasteiger partial charge in [-0.3, -0.25) is 10.1 Å². The van der Waals surface area contributed by atoms with Crippen LogP contribution in [0.2, 0.25) is 0 Å². The fourth-order valence-corrected chi connectivity index (χ4v) is 2.78. The number of hydrogen-bond donors (Lipinski definition) is 2. The highest BCUT2D eigenvalue weighted by Crippen LogP contribution is 2.32. The zero-order valence-corrected chi connectivity index (χ0v) is 12.4. The van der Waals surface area contributed by atoms with E-state index < -0.39 is 0 Å². The second-order valence-corrected chi connectivity index (χ2v) is 5.63. The lowest BCUT2D eigenvalue weighted by molar-refractivity contribution is -0.124. The molecule has 5 nitrogen and oxygen atoms in total. The Labute approximate surface area is 125 Å². The first-order valence-electron chi connectivity index (χ1n) is 7.67. The third-order valence-electron chi connectivity index (χ3n) is 4.01. The standard InChI is InChI=1S/C16H22N2O3/c1-11(18-13-4-2-7-17-16(13)19)12-5-6-14-15(10-12)21-9-3-8-20-14/h5-6,10-11,13,18H,2-4,7-9H2,1H3,(H,17,19). The van der Waals surface area contributed by atoms with Crippen LogP contribution in [0.1, 0.15) is 37.8 Å². The van der Waals surface area contributed by atoms with Crippen LogP contribution in [-0.2, 0) is 4.79 Å². The molecule has 2 N–H and O–H groups in total. The Bertz CT molecular complexity index is 518. The monoisotopic (exact) mass is 290 g/mol. The minimum Gasteiger partial charge on any atom is -0.490 e. The summed E-state index contributed by atoms with van der Waals surface area (Å²) in [6, 6.07) is 5.99. The minimum absolute atomic E-state index is 0.0935. The van der Waals surface area contributed by atoms with Crippen LogP contribution in [0.5, 0.6) is 11.5 Å². The zero-order chi connectivity index (χ0) is 14.7. The maximum absolute atomic E-state index is 11.8. The second-order valence-electron chi connectivity index (χ2n) is 5.63. The molecule has 0 saturated carbocycles. The Hall–Kier alpha value is -1.75. The van der Waals surface area contributed by atoms with Crippen LogP contribution < -0.4 is 20.1 Å². The third-order valence-corrected chi connectivity index (χ3v) is 4.01. The van der Waals surface area contributed by atoms with Gasteiger partial charge in [0.25, 0.3) is 0 Å². The fourth-order valence-electron chi connectivity index (χ4n) is 2.78. The number of fused-ring (bicyclic) bond motifs is 1. The molecule has 1 aromatic rings. The van der Waals surface area contributed by atoms with E-state index >= 15 is 0 Å². The first-order chi connectivity index (χ1) is 10.2. The molecule has 0 spiro atoms. The topological polar surface area (TPSA) is 59.6 Å². The molecule has 0 bridgehead atoms. The van der Waals surface area contributed by atoms with Gasteiger partial charge in [-0.05, 0) is 37.5 Å². The summed E-state index contributed by atoms with van der Waals surface area (Å²) in [4.78, 5) is 11.8. The minimum atomic E-state index is -0.107. The molecule has 2 aliphatic rings. The van der Waals surface area contributed by atoms with Gasteiger partial charge in [0.2, 0.25) is 5.91 Å². The molecule has 21 heavy (non-hydrogen) atoms. The molecule has 1 amide bonds. The average Bonchev–Trinajstić information content (AvgIpc) is 2.74. The maximum atomic E-state index is 11.8. The van der Waals surface area contributed by atoms with Crippen molar-refractivity contribution in [3.8, 4) is 11.5 Å². The van der Waals surface area contributed by atoms with Crippen molar-refractivity contribution in [2.24, 2.45) is 0 Å². The lowest BCUT2D eigenvalue weighted by Gasteiger charge is -2.26. The van der Waals surface area contributed by atoms with Gasteiger partial charge in [-0.15, -0.1) is 0 Å². The number of rotatable bonds is 3. The van der Waals surface area contributed by atoms with E-state index in [1.54, 1.807) is 0 Å². The van der Waals surface area contributed by atoms with E-state index in [1.165, 1.54) is 0 Å². The summed E-state index contributed by atoms with van der Waals surface area (Å²) in [5.41, 5.74) is 1.11. The van der Waals surface area contributed by atoms with Crippen LogP contribution in [0.4, 0.5) is 0 Å². The van der Waals surface area contributed by atoms with Crippen LogP contribution in [0.15, 0.2) is 18.2 Å². The lowest BCUT2D eigenvalue weighted by Crippen LogP contribution is -2.48. The van der Waals surface area contributed by atoms with Crippen molar-refractivity contribution in [3.63, 3.8) is 0 Å². The number of nitrogens with one attached hydrogen (secondary N) is 2. The number of carbonyl (C=O) groups is 1. The molecule has 0 aromatic heterocycles. The normalized spacial score (nSPS) is 23.1. The lowest BCUT2D eigenvalue weighted by atomic mass is 10.0. The predicted octanol–water partition coefficient (Wildman–Crippen LogP) is 1.78. The van der Waals surface area contributed by atoms with Gasteiger partial charge in [0.15, 0.2) is 11.5 Å². The smallest absolute Gasteiger partial charge is 0.237 e. The maximum Gasteiger partial charge on any atom is 0.237 e. The summed E-state index contributed by atoms with van der Waals surface area (Å²) in [5, 5.41) is 6.30. The number of ether oxygens (including phenoxy) is 2. The molecule has 2 unspecified atom stereocenters. The van der Waals surface area contributed by atoms with Crippen LogP contribution in [0.25, 0.3) is 0 Å². The third kappa shape index (κ3) is 3.29. The quantitative estimate of drug-likeness (QED) is 0.891. The Morgan fingerprint density at radius 3 is 2.86 bits per heavy atom. The summed E-state index contributed by atoms with van der Waals surface area (Å²) in [6.45, 7) is 4.24. The summed E-state index contributed by atoms with van der Waals surface area (Å²) in [6.07, 6.45) is 2.82. The summed E-state index contributed by atoms with van der Waals surface area (Å²) < 4.78 is 11.4. The molecule has 1 fully saturated rings. The van der Waals surface area contributed by atoms with Crippen molar-refractivity contribution < 1.29 is 14.3 Å². The summed E-state index contributed by atoms with van der Waals surface area (Å²) in [7, 11) is 0. The van der Waals surface area contributed by atoms with E-state index in [4.69, 9.17) is 9.47 Å². The summed E-state index contributed by atoms with van der Waals surface area (Å²) >= 11 is 0. The van der Waals surface area contributed by atoms with Crippen molar-refractivity contribution in [2.45, 2.75) is 38.3 Å². The number of benzene rings is 1. The average molecular weight is 290 g/mol. The van der Waals surface area contributed by atoms with Crippen molar-refractivity contribution in [2.75, 3.05) is 19.8 Å². The Kier molecular flexibility index (Phi) is 4.29. The van der Waals surface area contributed by atoms with Gasteiger partial charge in [0.05, 0.1) is 19.3 Å². The van der Waals surface area contributed by atoms with Gasteiger partial charge < -0.3 is 14.8 Å². The van der Waals surface area contributed by atoms with Gasteiger partial charge in [-0.25, -0.2) is 0 Å². The van der Waals surface area contributed by atoms with Crippen molar-refractivity contribution >= 4 is 5.91 Å². The van der Waals surface area contributed by atoms with Crippen molar-refractivity contribution in [1.29, 1.82) is 0 Å². The fraction of sp³-hybridized carbons (Fsp3) is 0.562. The highest BCUT2D eigenvalue weighted by atomic mass is 16.5. The van der Waals surface area contributed by atoms with Crippen LogP contribution in [0.3, 0.4) is 0 Å². The molecular weight excluding hydrogens is 268 g/mol. The molecule has 3 rings (SSSR count). The SMILES string of the molecule is CC(NC1CCCNC1=O)c1ccc2c(c1)OCCCO2. The van der Waals surface area contributed by atoms with E-state index in [9.17, 15) is 4.79 Å². The molecule has 114 valence electrons. The van der Waals surface area contributed by atoms with Gasteiger partial charge in [-0.2, -0.15) is 0 Å². The largest absolute Gasteiger partial charge is 0.490 e. The van der Waals surface area contributed by atoms with Gasteiger partial charge in [0, 0.05) is 19.0 Å². The molecule has 0 radical (unpaired) electrons. The van der Waals surface area contributed by atoms with E-state index in [-0.39, 0.29) is 18.0 Å². The van der Waals surface area contributed by atoms with Gasteiger partial charge in [-0.1, -0.05) is 6.07 Å². The predicted molar refractivity (Wildman–Crippen MR) is 79.6 cm³/mol. The Morgan fingerprint density at radius 2 is 2.05 bits per heavy atom. The van der Waals surface area contributed by atoms with E-state index in [0.717, 1.165) is 42.9 Å². The number of amides is 1. The molecule has 0 aliphatic carbocycles. The highest BCUT2D eigenvalue weighted by Gasteiger charge is 2.24. The molecule has 1 saturated heterocycles. The van der Waals surface area contributed by atoms with Crippen LogP contribution in [-0.4, -0.2) is 31.7 Å². The number of piperidine rings is 1. The van der Waals surface area contributed by atoms with E-state index in [2.05, 4.69) is 17.6 Å². The zero-order valence-electron chi connectivity index (χ0n) is 12.4. The summed E-state index contributed by atoms with van der Waals surface area (Å²) in [5.74, 6) is 1.70. The van der Waals surface area contributed by atoms with Crippen molar-refractivity contribution in [3.05, 3.63) is 23.8 Å². The molecular formula is C16H22N2O3. The van der Waals surface area contributed by atoms with Crippen LogP contribution in [0, 0.1) is 0 Å².